The predicted molar refractivity (Wildman–Crippen MR) is 64.4 cm³/mol. The van der Waals surface area contributed by atoms with E-state index in [0.717, 1.165) is 0 Å². The molecule has 0 aromatic heterocycles. The molecule has 1 aliphatic heterocycles. The lowest BCUT2D eigenvalue weighted by Crippen LogP contribution is -2.54. The van der Waals surface area contributed by atoms with E-state index in [-0.39, 0.29) is 6.61 Å². The van der Waals surface area contributed by atoms with Crippen molar-refractivity contribution in [3.63, 3.8) is 0 Å². The molecule has 2 N–H and O–H groups in total. The number of methoxy groups -OCH3 is 1. The van der Waals surface area contributed by atoms with Crippen molar-refractivity contribution in [3.05, 3.63) is 35.9 Å². The first-order valence-electron chi connectivity index (χ1n) is 5.90. The fourth-order valence-corrected chi connectivity index (χ4v) is 1.86. The van der Waals surface area contributed by atoms with E-state index in [1.54, 1.807) is 30.3 Å². The van der Waals surface area contributed by atoms with Crippen LogP contribution in [0.5, 0.6) is 0 Å². The highest BCUT2D eigenvalue weighted by Gasteiger charge is 2.40. The van der Waals surface area contributed by atoms with Crippen molar-refractivity contribution in [2.24, 2.45) is 0 Å². The first-order valence-corrected chi connectivity index (χ1v) is 5.90. The van der Waals surface area contributed by atoms with E-state index in [0.29, 0.717) is 5.56 Å². The highest BCUT2D eigenvalue weighted by molar-refractivity contribution is 5.89. The van der Waals surface area contributed by atoms with Gasteiger partial charge in [0.15, 0.2) is 12.4 Å². The first-order chi connectivity index (χ1) is 9.13. The number of rotatable bonds is 3. The average molecular weight is 268 g/mol. The number of hydrogen-bond donors (Lipinski definition) is 2. The van der Waals surface area contributed by atoms with Gasteiger partial charge in [-0.15, -0.1) is 0 Å². The molecule has 104 valence electrons. The maximum absolute atomic E-state index is 11.8. The van der Waals surface area contributed by atoms with Crippen molar-refractivity contribution in [1.29, 1.82) is 0 Å². The first kappa shape index (κ1) is 14.0. The van der Waals surface area contributed by atoms with Crippen LogP contribution < -0.4 is 0 Å². The summed E-state index contributed by atoms with van der Waals surface area (Å²) in [5.74, 6) is -0.573. The van der Waals surface area contributed by atoms with Crippen LogP contribution in [0.15, 0.2) is 30.3 Å². The number of carbonyl (C=O) groups excluding carboxylic acids is 1. The molecule has 0 bridgehead atoms. The van der Waals surface area contributed by atoms with Crippen LogP contribution in [0.3, 0.4) is 0 Å². The van der Waals surface area contributed by atoms with Gasteiger partial charge in [-0.3, -0.25) is 0 Å². The summed E-state index contributed by atoms with van der Waals surface area (Å²) >= 11 is 0. The molecule has 6 heteroatoms. The lowest BCUT2D eigenvalue weighted by Gasteiger charge is -2.36. The molecule has 1 fully saturated rings. The Bertz CT molecular complexity index is 420. The second-order valence-electron chi connectivity index (χ2n) is 4.23. The van der Waals surface area contributed by atoms with Gasteiger partial charge in [0, 0.05) is 7.11 Å². The van der Waals surface area contributed by atoms with Gasteiger partial charge in [0.25, 0.3) is 0 Å². The van der Waals surface area contributed by atoms with Crippen LogP contribution in [0.4, 0.5) is 0 Å². The minimum atomic E-state index is -1.26. The Morgan fingerprint density at radius 1 is 1.26 bits per heavy atom. The SMILES string of the molecule is CO[C@@H]1OC[C@@H](OC(=O)c2ccccc2)[C@H](O)[C@H]1O. The van der Waals surface area contributed by atoms with Crippen molar-refractivity contribution in [2.75, 3.05) is 13.7 Å². The normalized spacial score (nSPS) is 30.9. The van der Waals surface area contributed by atoms with Gasteiger partial charge in [-0.05, 0) is 12.1 Å². The van der Waals surface area contributed by atoms with Gasteiger partial charge in [0.2, 0.25) is 0 Å². The molecule has 2 rings (SSSR count). The third-order valence-electron chi connectivity index (χ3n) is 2.93. The van der Waals surface area contributed by atoms with E-state index in [1.807, 2.05) is 0 Å². The van der Waals surface area contributed by atoms with Gasteiger partial charge in [0.05, 0.1) is 12.2 Å². The Morgan fingerprint density at radius 2 is 1.95 bits per heavy atom. The smallest absolute Gasteiger partial charge is 0.338 e. The molecule has 0 unspecified atom stereocenters. The Labute approximate surface area is 110 Å². The van der Waals surface area contributed by atoms with Gasteiger partial charge in [-0.2, -0.15) is 0 Å². The van der Waals surface area contributed by atoms with Crippen molar-refractivity contribution in [2.45, 2.75) is 24.6 Å². The number of carbonyl (C=O) groups is 1. The summed E-state index contributed by atoms with van der Waals surface area (Å²) < 4.78 is 15.1. The molecular weight excluding hydrogens is 252 g/mol. The molecule has 1 aliphatic rings. The van der Waals surface area contributed by atoms with E-state index in [1.165, 1.54) is 7.11 Å². The largest absolute Gasteiger partial charge is 0.453 e. The number of aliphatic hydroxyl groups excluding tert-OH is 2. The number of hydrogen-bond acceptors (Lipinski definition) is 6. The third kappa shape index (κ3) is 3.10. The molecule has 1 aromatic rings. The third-order valence-corrected chi connectivity index (χ3v) is 2.93. The van der Waals surface area contributed by atoms with Crippen molar-refractivity contribution in [1.82, 2.24) is 0 Å². The number of ether oxygens (including phenoxy) is 3. The van der Waals surface area contributed by atoms with Gasteiger partial charge < -0.3 is 24.4 Å². The summed E-state index contributed by atoms with van der Waals surface area (Å²) in [6.07, 6.45) is -4.34. The van der Waals surface area contributed by atoms with Crippen LogP contribution >= 0.6 is 0 Å². The molecule has 1 aromatic carbocycles. The Hall–Kier alpha value is -1.47. The van der Waals surface area contributed by atoms with Crippen LogP contribution in [0.2, 0.25) is 0 Å². The monoisotopic (exact) mass is 268 g/mol. The zero-order chi connectivity index (χ0) is 13.8. The van der Waals surface area contributed by atoms with Crippen molar-refractivity contribution >= 4 is 5.97 Å². The summed E-state index contributed by atoms with van der Waals surface area (Å²) in [7, 11) is 1.36. The van der Waals surface area contributed by atoms with Crippen LogP contribution in [-0.2, 0) is 14.2 Å². The number of aliphatic hydroxyl groups is 2. The minimum Gasteiger partial charge on any atom is -0.453 e. The second-order valence-corrected chi connectivity index (χ2v) is 4.23. The summed E-state index contributed by atoms with van der Waals surface area (Å²) in [4.78, 5) is 11.8. The van der Waals surface area contributed by atoms with Gasteiger partial charge in [0.1, 0.15) is 12.2 Å². The summed E-state index contributed by atoms with van der Waals surface area (Å²) in [5, 5.41) is 19.5. The molecule has 1 saturated heterocycles. The second kappa shape index (κ2) is 6.12. The van der Waals surface area contributed by atoms with E-state index in [4.69, 9.17) is 14.2 Å². The quantitative estimate of drug-likeness (QED) is 0.747. The van der Waals surface area contributed by atoms with Crippen LogP contribution in [0, 0.1) is 0 Å². The Balaban J connectivity index is 1.98. The van der Waals surface area contributed by atoms with Gasteiger partial charge in [-0.1, -0.05) is 18.2 Å². The minimum absolute atomic E-state index is 0.0324. The molecular formula is C13H16O6. The lowest BCUT2D eigenvalue weighted by atomic mass is 10.1. The van der Waals surface area contributed by atoms with Crippen LogP contribution in [0.1, 0.15) is 10.4 Å². The number of benzene rings is 1. The topological polar surface area (TPSA) is 85.2 Å². The molecule has 4 atom stereocenters. The van der Waals surface area contributed by atoms with Gasteiger partial charge >= 0.3 is 5.97 Å². The standard InChI is InChI=1S/C13H16O6/c1-17-13-11(15)10(14)9(7-18-13)19-12(16)8-5-3-2-4-6-8/h2-6,9-11,13-15H,7H2,1H3/t9-,10+,11-,13-/m1/s1. The Kier molecular flexibility index (Phi) is 4.49. The molecule has 0 radical (unpaired) electrons. The van der Waals surface area contributed by atoms with Crippen LogP contribution in [0.25, 0.3) is 0 Å². The highest BCUT2D eigenvalue weighted by atomic mass is 16.7. The maximum Gasteiger partial charge on any atom is 0.338 e. The van der Waals surface area contributed by atoms with E-state index < -0.39 is 30.6 Å². The summed E-state index contributed by atoms with van der Waals surface area (Å²) in [5.41, 5.74) is 0.373. The zero-order valence-corrected chi connectivity index (χ0v) is 10.4. The fraction of sp³-hybridized carbons (Fsp3) is 0.462. The van der Waals surface area contributed by atoms with Gasteiger partial charge in [-0.25, -0.2) is 4.79 Å². The molecule has 0 spiro atoms. The molecule has 0 amide bonds. The van der Waals surface area contributed by atoms with Crippen LogP contribution in [-0.4, -0.2) is 54.5 Å². The molecule has 6 nitrogen and oxygen atoms in total. The van der Waals surface area contributed by atoms with Crippen molar-refractivity contribution < 1.29 is 29.2 Å². The van der Waals surface area contributed by atoms with E-state index in [2.05, 4.69) is 0 Å². The van der Waals surface area contributed by atoms with E-state index in [9.17, 15) is 15.0 Å². The van der Waals surface area contributed by atoms with E-state index >= 15 is 0 Å². The maximum atomic E-state index is 11.8. The van der Waals surface area contributed by atoms with Crippen molar-refractivity contribution in [3.8, 4) is 0 Å². The number of esters is 1. The highest BCUT2D eigenvalue weighted by Crippen LogP contribution is 2.19. The molecule has 0 saturated carbocycles. The Morgan fingerprint density at radius 3 is 2.58 bits per heavy atom. The summed E-state index contributed by atoms with van der Waals surface area (Å²) in [6, 6.07) is 8.41. The molecule has 1 heterocycles. The molecule has 0 aliphatic carbocycles. The fourth-order valence-electron chi connectivity index (χ4n) is 1.86. The molecule has 19 heavy (non-hydrogen) atoms. The summed E-state index contributed by atoms with van der Waals surface area (Å²) in [6.45, 7) is -0.0324. The predicted octanol–water partition coefficient (Wildman–Crippen LogP) is -0.0635. The zero-order valence-electron chi connectivity index (χ0n) is 10.4. The average Bonchev–Trinajstić information content (AvgIpc) is 2.45. The lowest BCUT2D eigenvalue weighted by molar-refractivity contribution is -0.261.